The number of aromatic nitrogens is 3. The van der Waals surface area contributed by atoms with Crippen LogP contribution in [0.2, 0.25) is 0 Å². The van der Waals surface area contributed by atoms with E-state index in [0.29, 0.717) is 11.4 Å². The Morgan fingerprint density at radius 2 is 2.00 bits per heavy atom. The van der Waals surface area contributed by atoms with Crippen molar-refractivity contribution in [2.24, 2.45) is 0 Å². The average molecular weight is 454 g/mol. The third-order valence-corrected chi connectivity index (χ3v) is 5.65. The van der Waals surface area contributed by atoms with E-state index in [9.17, 15) is 24.0 Å². The summed E-state index contributed by atoms with van der Waals surface area (Å²) in [5.74, 6) is -3.27. The molecule has 0 spiro atoms. The summed E-state index contributed by atoms with van der Waals surface area (Å²) in [5.41, 5.74) is 0.353. The second-order valence-electron chi connectivity index (χ2n) is 8.44. The molecule has 2 aliphatic rings. The highest BCUT2D eigenvalue weighted by Gasteiger charge is 2.46. The number of fused-ring (bicyclic) bond motifs is 1. The van der Waals surface area contributed by atoms with E-state index >= 15 is 0 Å². The lowest BCUT2D eigenvalue weighted by molar-refractivity contribution is -0.138. The number of carbonyl (C=O) groups is 5. The lowest BCUT2D eigenvalue weighted by atomic mass is 9.99. The molecule has 172 valence electrons. The number of amides is 4. The van der Waals surface area contributed by atoms with Gasteiger partial charge in [0.15, 0.2) is 0 Å². The predicted octanol–water partition coefficient (Wildman–Crippen LogP) is 0.501. The van der Waals surface area contributed by atoms with Crippen LogP contribution in [-0.2, 0) is 26.5 Å². The topological polar surface area (TPSA) is 164 Å². The number of anilines is 1. The number of aliphatic carboxylic acids is 1. The minimum Gasteiger partial charge on any atom is -0.481 e. The monoisotopic (exact) mass is 454 g/mol. The molecule has 4 rings (SSSR count). The number of hydrogen-bond donors (Lipinski definition) is 3. The van der Waals surface area contributed by atoms with Crippen molar-refractivity contribution in [2.75, 3.05) is 5.32 Å². The average Bonchev–Trinajstić information content (AvgIpc) is 3.32. The highest BCUT2D eigenvalue weighted by molar-refractivity contribution is 6.25. The molecular formula is C21H22N6O6. The fourth-order valence-corrected chi connectivity index (χ4v) is 3.92. The van der Waals surface area contributed by atoms with Gasteiger partial charge in [-0.05, 0) is 32.4 Å². The van der Waals surface area contributed by atoms with Crippen molar-refractivity contribution in [1.29, 1.82) is 0 Å². The summed E-state index contributed by atoms with van der Waals surface area (Å²) in [6.45, 7) is 3.77. The Hall–Kier alpha value is -4.09. The number of imide groups is 2. The van der Waals surface area contributed by atoms with E-state index in [1.165, 1.54) is 10.7 Å². The first kappa shape index (κ1) is 22.1. The van der Waals surface area contributed by atoms with Gasteiger partial charge in [0, 0.05) is 12.1 Å². The summed E-state index contributed by atoms with van der Waals surface area (Å²) in [6.07, 6.45) is 1.63. The Morgan fingerprint density at radius 1 is 1.24 bits per heavy atom. The third kappa shape index (κ3) is 4.06. The van der Waals surface area contributed by atoms with Crippen LogP contribution in [0.4, 0.5) is 5.69 Å². The van der Waals surface area contributed by atoms with Crippen molar-refractivity contribution in [3.8, 4) is 0 Å². The van der Waals surface area contributed by atoms with Crippen LogP contribution in [0.15, 0.2) is 24.4 Å². The molecule has 1 aromatic heterocycles. The van der Waals surface area contributed by atoms with E-state index in [1.807, 2.05) is 0 Å². The van der Waals surface area contributed by atoms with E-state index in [1.54, 1.807) is 32.2 Å². The Balaban J connectivity index is 1.60. The first-order valence-corrected chi connectivity index (χ1v) is 10.3. The Kier molecular flexibility index (Phi) is 5.44. The number of piperidine rings is 1. The molecule has 33 heavy (non-hydrogen) atoms. The van der Waals surface area contributed by atoms with E-state index in [4.69, 9.17) is 5.11 Å². The van der Waals surface area contributed by atoms with Crippen molar-refractivity contribution in [3.63, 3.8) is 0 Å². The minimum absolute atomic E-state index is 0.0412. The molecule has 1 atom stereocenters. The van der Waals surface area contributed by atoms with Crippen molar-refractivity contribution in [3.05, 3.63) is 41.2 Å². The molecule has 0 saturated carbocycles. The van der Waals surface area contributed by atoms with Gasteiger partial charge in [0.1, 0.15) is 11.7 Å². The first-order valence-electron chi connectivity index (χ1n) is 10.3. The number of carbonyl (C=O) groups excluding carboxylic acids is 4. The molecule has 0 bridgehead atoms. The van der Waals surface area contributed by atoms with Crippen LogP contribution in [0.3, 0.4) is 0 Å². The summed E-state index contributed by atoms with van der Waals surface area (Å²) < 4.78 is 1.42. The summed E-state index contributed by atoms with van der Waals surface area (Å²) in [4.78, 5) is 61.7. The van der Waals surface area contributed by atoms with Gasteiger partial charge in [0.2, 0.25) is 11.8 Å². The number of nitrogens with one attached hydrogen (secondary N) is 2. The predicted molar refractivity (Wildman–Crippen MR) is 112 cm³/mol. The maximum atomic E-state index is 13.2. The molecule has 1 fully saturated rings. The van der Waals surface area contributed by atoms with Crippen LogP contribution in [-0.4, -0.2) is 60.6 Å². The largest absolute Gasteiger partial charge is 0.481 e. The highest BCUT2D eigenvalue weighted by Crippen LogP contribution is 2.35. The van der Waals surface area contributed by atoms with E-state index in [0.717, 1.165) is 4.90 Å². The van der Waals surface area contributed by atoms with Crippen LogP contribution in [0.5, 0.6) is 0 Å². The molecule has 0 radical (unpaired) electrons. The van der Waals surface area contributed by atoms with Gasteiger partial charge in [-0.1, -0.05) is 11.3 Å². The molecule has 2 aliphatic heterocycles. The van der Waals surface area contributed by atoms with Crippen LogP contribution < -0.4 is 10.6 Å². The Bertz CT molecular complexity index is 1190. The molecule has 1 aromatic carbocycles. The van der Waals surface area contributed by atoms with Crippen molar-refractivity contribution in [1.82, 2.24) is 25.2 Å². The fourth-order valence-electron chi connectivity index (χ4n) is 3.92. The van der Waals surface area contributed by atoms with E-state index < -0.39 is 41.2 Å². The van der Waals surface area contributed by atoms with Gasteiger partial charge in [0.25, 0.3) is 11.8 Å². The lowest BCUT2D eigenvalue weighted by Crippen LogP contribution is -2.54. The Morgan fingerprint density at radius 3 is 2.70 bits per heavy atom. The number of carboxylic acids is 1. The van der Waals surface area contributed by atoms with Gasteiger partial charge in [-0.3, -0.25) is 38.9 Å². The van der Waals surface area contributed by atoms with Gasteiger partial charge in [-0.2, -0.15) is 0 Å². The number of hydrogen-bond acceptors (Lipinski definition) is 8. The van der Waals surface area contributed by atoms with Crippen molar-refractivity contribution < 1.29 is 29.1 Å². The molecule has 12 heteroatoms. The third-order valence-electron chi connectivity index (χ3n) is 5.65. The molecule has 1 saturated heterocycles. The second-order valence-corrected chi connectivity index (χ2v) is 8.44. The highest BCUT2D eigenvalue weighted by atomic mass is 16.4. The standard InChI is InChI=1S/C21H22N6O6/c1-21(2,14-10-26(25-24-14)9-8-16(29)30)23-12-5-3-4-11-17(12)20(33)27(19(11)32)13-6-7-15(28)22-18(13)31/h3-5,10,13,23H,6-9H2,1-2H3,(H,29,30)(H,22,28,31). The van der Waals surface area contributed by atoms with Crippen LogP contribution in [0, 0.1) is 0 Å². The second kappa shape index (κ2) is 8.11. The van der Waals surface area contributed by atoms with Crippen LogP contribution in [0.1, 0.15) is 59.5 Å². The zero-order valence-corrected chi connectivity index (χ0v) is 18.0. The minimum atomic E-state index is -1.05. The number of rotatable bonds is 7. The van der Waals surface area contributed by atoms with Crippen molar-refractivity contribution in [2.45, 2.75) is 51.2 Å². The van der Waals surface area contributed by atoms with Gasteiger partial charge in [-0.15, -0.1) is 5.10 Å². The fraction of sp³-hybridized carbons (Fsp3) is 0.381. The molecule has 2 aromatic rings. The number of nitrogens with zero attached hydrogens (tertiary/aromatic N) is 4. The first-order chi connectivity index (χ1) is 15.6. The molecule has 3 N–H and O–H groups in total. The molecule has 0 aliphatic carbocycles. The van der Waals surface area contributed by atoms with E-state index in [-0.39, 0.29) is 36.9 Å². The quantitative estimate of drug-likeness (QED) is 0.505. The van der Waals surface area contributed by atoms with Gasteiger partial charge >= 0.3 is 5.97 Å². The normalized spacial score (nSPS) is 18.4. The van der Waals surface area contributed by atoms with Gasteiger partial charge in [-0.25, -0.2) is 0 Å². The zero-order valence-electron chi connectivity index (χ0n) is 18.0. The Labute approximate surface area is 187 Å². The number of carboxylic acid groups (broad SMARTS) is 1. The summed E-state index contributed by atoms with van der Waals surface area (Å²) in [5, 5.41) is 22.3. The molecule has 4 amide bonds. The smallest absolute Gasteiger partial charge is 0.305 e. The van der Waals surface area contributed by atoms with Crippen LogP contribution >= 0.6 is 0 Å². The zero-order chi connectivity index (χ0) is 23.9. The van der Waals surface area contributed by atoms with Crippen molar-refractivity contribution >= 4 is 35.3 Å². The van der Waals surface area contributed by atoms with Gasteiger partial charge in [0.05, 0.1) is 35.8 Å². The molecule has 1 unspecified atom stereocenters. The summed E-state index contributed by atoms with van der Waals surface area (Å²) >= 11 is 0. The number of aryl methyl sites for hydroxylation is 1. The summed E-state index contributed by atoms with van der Waals surface area (Å²) in [7, 11) is 0. The molecular weight excluding hydrogens is 432 g/mol. The van der Waals surface area contributed by atoms with E-state index in [2.05, 4.69) is 20.9 Å². The molecule has 12 nitrogen and oxygen atoms in total. The van der Waals surface area contributed by atoms with Gasteiger partial charge < -0.3 is 10.4 Å². The van der Waals surface area contributed by atoms with Crippen LogP contribution in [0.25, 0.3) is 0 Å². The lowest BCUT2D eigenvalue weighted by Gasteiger charge is -2.28. The maximum Gasteiger partial charge on any atom is 0.305 e. The summed E-state index contributed by atoms with van der Waals surface area (Å²) in [6, 6.07) is 3.74. The SMILES string of the molecule is CC(C)(Nc1cccc2c1C(=O)N(C1CCC(=O)NC1=O)C2=O)c1cn(CCC(=O)O)nn1. The number of benzene rings is 1. The molecule has 3 heterocycles. The maximum absolute atomic E-state index is 13.2.